The summed E-state index contributed by atoms with van der Waals surface area (Å²) in [6.07, 6.45) is 7.64. The second-order valence-corrected chi connectivity index (χ2v) is 17.4. The number of hydrogen-bond donors (Lipinski definition) is 0. The second-order valence-electron chi connectivity index (χ2n) is 16.4. The minimum atomic E-state index is 0.702. The third-order valence-electron chi connectivity index (χ3n) is 12.5. The Morgan fingerprint density at radius 1 is 0.500 bits per heavy atom. The summed E-state index contributed by atoms with van der Waals surface area (Å²) in [7, 11) is 0. The van der Waals surface area contributed by atoms with Crippen molar-refractivity contribution in [2.45, 2.75) is 20.3 Å². The molecule has 0 N–H and O–H groups in total. The fourth-order valence-corrected chi connectivity index (χ4v) is 10.9. The van der Waals surface area contributed by atoms with Gasteiger partial charge in [0.05, 0.1) is 33.5 Å². The first-order chi connectivity index (χ1) is 31.6. The van der Waals surface area contributed by atoms with Gasteiger partial charge >= 0.3 is 0 Å². The molecule has 12 aromatic rings. The van der Waals surface area contributed by atoms with Crippen molar-refractivity contribution in [3.8, 4) is 50.7 Å². The fraction of sp³-hybridized carbons (Fsp3) is 0.0508. The summed E-state index contributed by atoms with van der Waals surface area (Å²) in [4.78, 5) is 10.3. The van der Waals surface area contributed by atoms with Gasteiger partial charge in [0.1, 0.15) is 0 Å². The molecule has 0 aliphatic rings. The first-order valence-corrected chi connectivity index (χ1v) is 22.8. The van der Waals surface area contributed by atoms with Crippen LogP contribution in [0.4, 0.5) is 0 Å². The molecule has 4 aromatic heterocycles. The van der Waals surface area contributed by atoms with E-state index in [1.807, 2.05) is 23.5 Å². The molecule has 4 heterocycles. The zero-order valence-corrected chi connectivity index (χ0v) is 36.4. The maximum absolute atomic E-state index is 5.14. The molecule has 8 aromatic carbocycles. The molecule has 0 amide bonds. The van der Waals surface area contributed by atoms with E-state index in [9.17, 15) is 0 Å². The van der Waals surface area contributed by atoms with E-state index < -0.39 is 0 Å². The highest BCUT2D eigenvalue weighted by atomic mass is 32.1. The summed E-state index contributed by atoms with van der Waals surface area (Å²) >= 11 is 1.86. The molecule has 0 atom stereocenters. The van der Waals surface area contributed by atoms with Gasteiger partial charge in [0.2, 0.25) is 0 Å². The smallest absolute Gasteiger partial charge is 0.160 e. The molecule has 64 heavy (non-hydrogen) atoms. The predicted molar refractivity (Wildman–Crippen MR) is 273 cm³/mol. The first-order valence-electron chi connectivity index (χ1n) is 22.0. The lowest BCUT2D eigenvalue weighted by Crippen LogP contribution is -1.97. The average molecular weight is 839 g/mol. The zero-order chi connectivity index (χ0) is 42.7. The maximum atomic E-state index is 5.14. The number of rotatable bonds is 8. The summed E-state index contributed by atoms with van der Waals surface area (Å²) < 4.78 is 7.48. The number of nitrogens with zero attached hydrogens (tertiary/aromatic N) is 4. The van der Waals surface area contributed by atoms with E-state index in [4.69, 9.17) is 9.97 Å². The van der Waals surface area contributed by atoms with Crippen molar-refractivity contribution in [3.63, 3.8) is 0 Å². The Morgan fingerprint density at radius 2 is 1.09 bits per heavy atom. The van der Waals surface area contributed by atoms with Crippen LogP contribution >= 0.6 is 11.3 Å². The van der Waals surface area contributed by atoms with Crippen molar-refractivity contribution in [3.05, 3.63) is 206 Å². The van der Waals surface area contributed by atoms with E-state index in [2.05, 4.69) is 217 Å². The molecule has 0 unspecified atom stereocenters. The second kappa shape index (κ2) is 15.5. The van der Waals surface area contributed by atoms with Gasteiger partial charge in [0, 0.05) is 75.4 Å². The number of fused-ring (bicyclic) bond motifs is 9. The SMILES string of the molecule is C/C=C\C(=C/CC)n1c2ccccc2c2cc3c4ccccc4n(-c4cc(-c5ccc(-c6nc(-c7ccccc7)cc(-c7ccccc7)n6)cc5)c5sc6ccccc6c5c4)c3cc21. The molecule has 304 valence electrons. The van der Waals surface area contributed by atoms with Gasteiger partial charge < -0.3 is 9.13 Å². The third-order valence-corrected chi connectivity index (χ3v) is 13.7. The van der Waals surface area contributed by atoms with Crippen LogP contribution in [-0.2, 0) is 0 Å². The van der Waals surface area contributed by atoms with E-state index in [1.54, 1.807) is 0 Å². The minimum Gasteiger partial charge on any atom is -0.310 e. The summed E-state index contributed by atoms with van der Waals surface area (Å²) in [5.41, 5.74) is 14.3. The first kappa shape index (κ1) is 37.9. The summed E-state index contributed by atoms with van der Waals surface area (Å²) in [5, 5.41) is 7.52. The highest BCUT2D eigenvalue weighted by Crippen LogP contribution is 2.45. The van der Waals surface area contributed by atoms with Gasteiger partial charge in [-0.1, -0.05) is 159 Å². The lowest BCUT2D eigenvalue weighted by molar-refractivity contribution is 1.16. The molecule has 5 heteroatoms. The van der Waals surface area contributed by atoms with Crippen LogP contribution in [0.15, 0.2) is 206 Å². The quantitative estimate of drug-likeness (QED) is 0.143. The number of thiophene rings is 1. The molecule has 0 saturated heterocycles. The molecule has 0 aliphatic carbocycles. The van der Waals surface area contributed by atoms with Crippen molar-refractivity contribution in [2.75, 3.05) is 0 Å². The fourth-order valence-electron chi connectivity index (χ4n) is 9.65. The molecule has 4 nitrogen and oxygen atoms in total. The highest BCUT2D eigenvalue weighted by Gasteiger charge is 2.21. The Labute approximate surface area is 375 Å². The van der Waals surface area contributed by atoms with Crippen LogP contribution in [0, 0.1) is 0 Å². The molecule has 0 fully saturated rings. The number of para-hydroxylation sites is 2. The van der Waals surface area contributed by atoms with Crippen LogP contribution in [0.25, 0.3) is 120 Å². The van der Waals surface area contributed by atoms with E-state index in [1.165, 1.54) is 75.0 Å². The van der Waals surface area contributed by atoms with Gasteiger partial charge in [-0.15, -0.1) is 11.3 Å². The molecule has 0 saturated carbocycles. The number of aromatic nitrogens is 4. The minimum absolute atomic E-state index is 0.702. The molecule has 12 rings (SSSR count). The lowest BCUT2D eigenvalue weighted by Gasteiger charge is -2.14. The van der Waals surface area contributed by atoms with Crippen molar-refractivity contribution < 1.29 is 0 Å². The van der Waals surface area contributed by atoms with Gasteiger partial charge in [0.25, 0.3) is 0 Å². The van der Waals surface area contributed by atoms with E-state index in [-0.39, 0.29) is 0 Å². The number of hydrogen-bond acceptors (Lipinski definition) is 3. The summed E-state index contributed by atoms with van der Waals surface area (Å²) in [6.45, 7) is 4.31. The number of benzene rings is 8. The van der Waals surface area contributed by atoms with Gasteiger partial charge in [-0.05, 0) is 73.5 Å². The van der Waals surface area contributed by atoms with Gasteiger partial charge in [-0.25, -0.2) is 9.97 Å². The lowest BCUT2D eigenvalue weighted by atomic mass is 9.99. The van der Waals surface area contributed by atoms with Crippen LogP contribution in [0.3, 0.4) is 0 Å². The monoisotopic (exact) mass is 838 g/mol. The van der Waals surface area contributed by atoms with Gasteiger partial charge in [0.15, 0.2) is 5.82 Å². The van der Waals surface area contributed by atoms with Crippen molar-refractivity contribution >= 4 is 80.8 Å². The summed E-state index contributed by atoms with van der Waals surface area (Å²) in [5.74, 6) is 0.702. The number of allylic oxidation sites excluding steroid dienone is 4. The Balaban J connectivity index is 1.08. The van der Waals surface area contributed by atoms with Crippen LogP contribution in [-0.4, -0.2) is 19.1 Å². The average Bonchev–Trinajstić information content (AvgIpc) is 4.01. The van der Waals surface area contributed by atoms with Crippen LogP contribution < -0.4 is 0 Å². The molecule has 0 spiro atoms. The van der Waals surface area contributed by atoms with E-state index >= 15 is 0 Å². The maximum Gasteiger partial charge on any atom is 0.160 e. The standard InChI is InChI=1S/C59H42N4S/c1-3-17-42(18-4-2)62-53-26-14-11-23-44(53)48-35-49-45-24-12-15-27-54(45)63(56(49)37-55(48)62)43-33-47(58-50(34-43)46-25-13-16-28-57(46)64-58)38-29-31-41(32-30-38)59-60-51(39-19-7-5-8-20-39)36-52(61-59)40-21-9-6-10-22-40/h3,5-37H,4H2,1-2H3/b17-3-,42-18+. The van der Waals surface area contributed by atoms with Gasteiger partial charge in [-0.2, -0.15) is 0 Å². The van der Waals surface area contributed by atoms with Gasteiger partial charge in [-0.3, -0.25) is 0 Å². The Bertz CT molecular complexity index is 3750. The zero-order valence-electron chi connectivity index (χ0n) is 35.5. The van der Waals surface area contributed by atoms with Crippen molar-refractivity contribution in [2.24, 2.45) is 0 Å². The molecular formula is C59H42N4S. The Morgan fingerprint density at radius 3 is 1.78 bits per heavy atom. The van der Waals surface area contributed by atoms with Crippen LogP contribution in [0.1, 0.15) is 20.3 Å². The largest absolute Gasteiger partial charge is 0.310 e. The van der Waals surface area contributed by atoms with E-state index in [0.717, 1.165) is 45.7 Å². The summed E-state index contributed by atoms with van der Waals surface area (Å²) in [6, 6.07) is 67.9. The van der Waals surface area contributed by atoms with Crippen LogP contribution in [0.5, 0.6) is 0 Å². The molecule has 0 bridgehead atoms. The predicted octanol–water partition coefficient (Wildman–Crippen LogP) is 16.5. The molecule has 0 radical (unpaired) electrons. The highest BCUT2D eigenvalue weighted by molar-refractivity contribution is 7.26. The Hall–Kier alpha value is -7.86. The Kier molecular flexibility index (Phi) is 9.17. The normalized spacial score (nSPS) is 12.3. The molecule has 0 aliphatic heterocycles. The van der Waals surface area contributed by atoms with Crippen molar-refractivity contribution in [1.82, 2.24) is 19.1 Å². The third kappa shape index (κ3) is 6.19. The topological polar surface area (TPSA) is 35.6 Å². The molecular weight excluding hydrogens is 797 g/mol. The van der Waals surface area contributed by atoms with Crippen molar-refractivity contribution in [1.29, 1.82) is 0 Å². The van der Waals surface area contributed by atoms with E-state index in [0.29, 0.717) is 5.82 Å². The van der Waals surface area contributed by atoms with Crippen LogP contribution in [0.2, 0.25) is 0 Å².